The van der Waals surface area contributed by atoms with Crippen LogP contribution in [0.3, 0.4) is 0 Å². The van der Waals surface area contributed by atoms with Gasteiger partial charge in [-0.3, -0.25) is 4.90 Å². The minimum Gasteiger partial charge on any atom is -0.493 e. The minimum atomic E-state index is -0.422. The fourth-order valence-electron chi connectivity index (χ4n) is 5.78. The molecule has 0 unspecified atom stereocenters. The van der Waals surface area contributed by atoms with Gasteiger partial charge in [-0.05, 0) is 41.3 Å². The maximum Gasteiger partial charge on any atom is 0.161 e. The molecule has 178 valence electrons. The Morgan fingerprint density at radius 2 is 1.65 bits per heavy atom. The quantitative estimate of drug-likeness (QED) is 0.528. The molecule has 4 nitrogen and oxygen atoms in total. The number of ether oxygens (including phenoxy) is 2. The number of aliphatic hydroxyl groups is 1. The average Bonchev–Trinajstić information content (AvgIpc) is 3.40. The fraction of sp³-hybridized carbons (Fsp3) is 0.400. The molecule has 0 amide bonds. The summed E-state index contributed by atoms with van der Waals surface area (Å²) >= 11 is 0. The van der Waals surface area contributed by atoms with Crippen LogP contribution in [0.1, 0.15) is 42.0 Å². The SMILES string of the molecule is COc1ccc([C@H]2CN(Cc3ccccc3)C[C@@]2(C)[C@@H](C)O)cc1OC1Cc2ccccc2C1. The molecular weight excluding hydrogens is 422 g/mol. The summed E-state index contributed by atoms with van der Waals surface area (Å²) in [6.07, 6.45) is 1.53. The van der Waals surface area contributed by atoms with Gasteiger partial charge in [0.1, 0.15) is 6.10 Å². The normalized spacial score (nSPS) is 23.6. The van der Waals surface area contributed by atoms with E-state index in [9.17, 15) is 5.11 Å². The molecule has 0 spiro atoms. The van der Waals surface area contributed by atoms with Crippen molar-refractivity contribution in [2.24, 2.45) is 5.41 Å². The average molecular weight is 458 g/mol. The zero-order valence-corrected chi connectivity index (χ0v) is 20.4. The first-order valence-corrected chi connectivity index (χ1v) is 12.3. The molecule has 1 N–H and O–H groups in total. The van der Waals surface area contributed by atoms with Gasteiger partial charge in [0.15, 0.2) is 11.5 Å². The third-order valence-electron chi connectivity index (χ3n) is 7.90. The van der Waals surface area contributed by atoms with Crippen molar-refractivity contribution in [2.75, 3.05) is 20.2 Å². The van der Waals surface area contributed by atoms with Crippen LogP contribution in [0.25, 0.3) is 0 Å². The molecule has 1 saturated heterocycles. The number of methoxy groups -OCH3 is 1. The maximum absolute atomic E-state index is 10.8. The number of fused-ring (bicyclic) bond motifs is 1. The summed E-state index contributed by atoms with van der Waals surface area (Å²) < 4.78 is 12.2. The van der Waals surface area contributed by atoms with Crippen LogP contribution in [0, 0.1) is 5.41 Å². The molecule has 1 aliphatic carbocycles. The lowest BCUT2D eigenvalue weighted by Gasteiger charge is -2.34. The molecule has 3 aromatic carbocycles. The van der Waals surface area contributed by atoms with Gasteiger partial charge in [0, 0.05) is 43.8 Å². The van der Waals surface area contributed by atoms with Crippen LogP contribution in [0.5, 0.6) is 11.5 Å². The molecule has 4 heteroatoms. The van der Waals surface area contributed by atoms with Crippen molar-refractivity contribution >= 4 is 0 Å². The first-order chi connectivity index (χ1) is 16.5. The zero-order valence-electron chi connectivity index (χ0n) is 20.4. The maximum atomic E-state index is 10.8. The summed E-state index contributed by atoms with van der Waals surface area (Å²) in [4.78, 5) is 2.46. The molecule has 0 radical (unpaired) electrons. The molecule has 1 fully saturated rings. The van der Waals surface area contributed by atoms with E-state index in [2.05, 4.69) is 78.6 Å². The Balaban J connectivity index is 1.39. The van der Waals surface area contributed by atoms with E-state index in [1.54, 1.807) is 7.11 Å². The van der Waals surface area contributed by atoms with Crippen LogP contribution in [-0.2, 0) is 19.4 Å². The number of hydrogen-bond acceptors (Lipinski definition) is 4. The van der Waals surface area contributed by atoms with Crippen molar-refractivity contribution in [3.8, 4) is 11.5 Å². The first kappa shape index (κ1) is 22.9. The molecule has 1 heterocycles. The first-order valence-electron chi connectivity index (χ1n) is 12.3. The number of nitrogens with zero attached hydrogens (tertiary/aromatic N) is 1. The lowest BCUT2D eigenvalue weighted by molar-refractivity contribution is 0.0474. The second-order valence-corrected chi connectivity index (χ2v) is 10.2. The number of benzene rings is 3. The highest BCUT2D eigenvalue weighted by Crippen LogP contribution is 2.47. The third-order valence-corrected chi connectivity index (χ3v) is 7.90. The lowest BCUT2D eigenvalue weighted by Crippen LogP contribution is -2.37. The molecule has 1 aliphatic heterocycles. The van der Waals surface area contributed by atoms with E-state index in [0.29, 0.717) is 0 Å². The van der Waals surface area contributed by atoms with Gasteiger partial charge in [-0.15, -0.1) is 0 Å². The van der Waals surface area contributed by atoms with Crippen molar-refractivity contribution in [1.82, 2.24) is 4.90 Å². The van der Waals surface area contributed by atoms with Crippen molar-refractivity contribution in [1.29, 1.82) is 0 Å². The molecule has 2 aliphatic rings. The van der Waals surface area contributed by atoms with Crippen LogP contribution in [-0.4, -0.2) is 42.4 Å². The Bertz CT molecular complexity index is 1100. The van der Waals surface area contributed by atoms with Gasteiger partial charge in [0.05, 0.1) is 13.2 Å². The molecule has 3 atom stereocenters. The van der Waals surface area contributed by atoms with E-state index in [1.165, 1.54) is 22.3 Å². The van der Waals surface area contributed by atoms with Gasteiger partial charge in [0.2, 0.25) is 0 Å². The summed E-state index contributed by atoms with van der Waals surface area (Å²) in [5.74, 6) is 1.76. The van der Waals surface area contributed by atoms with Crippen LogP contribution >= 0.6 is 0 Å². The van der Waals surface area contributed by atoms with Gasteiger partial charge in [-0.25, -0.2) is 0 Å². The predicted molar refractivity (Wildman–Crippen MR) is 136 cm³/mol. The topological polar surface area (TPSA) is 41.9 Å². The van der Waals surface area contributed by atoms with Crippen molar-refractivity contribution < 1.29 is 14.6 Å². The third kappa shape index (κ3) is 4.45. The highest BCUT2D eigenvalue weighted by Gasteiger charge is 2.47. The van der Waals surface area contributed by atoms with Gasteiger partial charge < -0.3 is 14.6 Å². The van der Waals surface area contributed by atoms with E-state index in [4.69, 9.17) is 9.47 Å². The van der Waals surface area contributed by atoms with Crippen LogP contribution < -0.4 is 9.47 Å². The second kappa shape index (κ2) is 9.44. The Morgan fingerprint density at radius 3 is 2.29 bits per heavy atom. The van der Waals surface area contributed by atoms with Crippen LogP contribution in [0.4, 0.5) is 0 Å². The number of likely N-dealkylation sites (tertiary alicyclic amines) is 1. The van der Waals surface area contributed by atoms with E-state index in [-0.39, 0.29) is 17.4 Å². The minimum absolute atomic E-state index is 0.114. The van der Waals surface area contributed by atoms with Gasteiger partial charge in [0.25, 0.3) is 0 Å². The van der Waals surface area contributed by atoms with Gasteiger partial charge in [-0.1, -0.05) is 67.6 Å². The summed E-state index contributed by atoms with van der Waals surface area (Å²) in [5, 5.41) is 10.8. The Hall–Kier alpha value is -2.82. The Labute approximate surface area is 203 Å². The lowest BCUT2D eigenvalue weighted by atomic mass is 9.72. The van der Waals surface area contributed by atoms with Crippen molar-refractivity contribution in [3.63, 3.8) is 0 Å². The van der Waals surface area contributed by atoms with Crippen LogP contribution in [0.2, 0.25) is 0 Å². The number of hydrogen-bond donors (Lipinski definition) is 1. The fourth-order valence-corrected chi connectivity index (χ4v) is 5.78. The molecule has 0 saturated carbocycles. The van der Waals surface area contributed by atoms with E-state index >= 15 is 0 Å². The monoisotopic (exact) mass is 457 g/mol. The zero-order chi connectivity index (χ0) is 23.7. The molecule has 5 rings (SSSR count). The summed E-state index contributed by atoms with van der Waals surface area (Å²) in [5.41, 5.74) is 5.00. The smallest absolute Gasteiger partial charge is 0.161 e. The van der Waals surface area contributed by atoms with Gasteiger partial charge >= 0.3 is 0 Å². The molecule has 34 heavy (non-hydrogen) atoms. The molecular formula is C30H35NO3. The highest BCUT2D eigenvalue weighted by atomic mass is 16.5. The second-order valence-electron chi connectivity index (χ2n) is 10.2. The van der Waals surface area contributed by atoms with Crippen molar-refractivity contribution in [2.45, 2.75) is 51.4 Å². The van der Waals surface area contributed by atoms with Crippen LogP contribution in [0.15, 0.2) is 72.8 Å². The molecule has 3 aromatic rings. The summed E-state index contributed by atoms with van der Waals surface area (Å²) in [7, 11) is 1.70. The number of rotatable bonds is 7. The van der Waals surface area contributed by atoms with Crippen molar-refractivity contribution in [3.05, 3.63) is 95.1 Å². The summed E-state index contributed by atoms with van der Waals surface area (Å²) in [6, 6.07) is 25.5. The standard InChI is InChI=1S/C30H35NO3/c1-21(32)30(2)20-31(18-22-9-5-4-6-10-22)19-27(30)25-13-14-28(33-3)29(17-25)34-26-15-23-11-7-8-12-24(23)16-26/h4-14,17,21,26-27,32H,15-16,18-20H2,1-3H3/t21-,27-,30+/m1/s1. The molecule has 0 aromatic heterocycles. The van der Waals surface area contributed by atoms with E-state index in [0.717, 1.165) is 44.0 Å². The summed E-state index contributed by atoms with van der Waals surface area (Å²) in [6.45, 7) is 6.78. The Kier molecular flexibility index (Phi) is 6.37. The number of aliphatic hydroxyl groups excluding tert-OH is 1. The highest BCUT2D eigenvalue weighted by molar-refractivity contribution is 5.46. The Morgan fingerprint density at radius 1 is 0.971 bits per heavy atom. The van der Waals surface area contributed by atoms with Gasteiger partial charge in [-0.2, -0.15) is 0 Å². The predicted octanol–water partition coefficient (Wildman–Crippen LogP) is 5.23. The molecule has 0 bridgehead atoms. The van der Waals surface area contributed by atoms with E-state index < -0.39 is 6.10 Å². The largest absolute Gasteiger partial charge is 0.493 e. The van der Waals surface area contributed by atoms with E-state index in [1.807, 2.05) is 13.0 Å².